The Kier molecular flexibility index (Phi) is 5.40. The third-order valence-corrected chi connectivity index (χ3v) is 4.10. The number of rotatable bonds is 7. The van der Waals surface area contributed by atoms with E-state index in [1.165, 1.54) is 12.3 Å². The third-order valence-electron chi connectivity index (χ3n) is 1.88. The molecule has 0 aliphatic heterocycles. The summed E-state index contributed by atoms with van der Waals surface area (Å²) in [6.07, 6.45) is 1.20. The van der Waals surface area contributed by atoms with Crippen LogP contribution in [0.3, 0.4) is 0 Å². The summed E-state index contributed by atoms with van der Waals surface area (Å²) >= 11 is 5.28. The average molecular weight is 281 g/mol. The first-order valence-corrected chi connectivity index (χ1v) is 7.26. The van der Waals surface area contributed by atoms with Crippen molar-refractivity contribution in [1.29, 1.82) is 0 Å². The minimum absolute atomic E-state index is 0.0150. The van der Waals surface area contributed by atoms with E-state index in [-0.39, 0.29) is 24.9 Å². The van der Waals surface area contributed by atoms with E-state index in [1.54, 1.807) is 13.8 Å². The molecule has 0 saturated heterocycles. The van der Waals surface area contributed by atoms with Crippen LogP contribution in [0.15, 0.2) is 16.7 Å². The minimum atomic E-state index is -3.21. The smallest absolute Gasteiger partial charge is 0.338 e. The fourth-order valence-electron chi connectivity index (χ4n) is 1.28. The van der Waals surface area contributed by atoms with Gasteiger partial charge in [0, 0.05) is 0 Å². The Morgan fingerprint density at radius 1 is 1.41 bits per heavy atom. The van der Waals surface area contributed by atoms with Crippen molar-refractivity contribution in [2.45, 2.75) is 20.0 Å². The van der Waals surface area contributed by atoms with Crippen LogP contribution in [0.25, 0.3) is 0 Å². The van der Waals surface area contributed by atoms with Crippen LogP contribution >= 0.6 is 19.2 Å². The molecule has 0 unspecified atom stereocenters. The van der Waals surface area contributed by atoms with Crippen LogP contribution < -0.4 is 0 Å². The number of carbonyl (C=O) groups is 1. The summed E-state index contributed by atoms with van der Waals surface area (Å²) in [5.41, 5.74) is 0.223. The molecule has 17 heavy (non-hydrogen) atoms. The highest BCUT2D eigenvalue weighted by molar-refractivity contribution is 7.53. The zero-order valence-electron chi connectivity index (χ0n) is 9.64. The molecule has 1 rings (SSSR count). The molecule has 0 amide bonds. The van der Waals surface area contributed by atoms with Gasteiger partial charge in [-0.2, -0.15) is 0 Å². The molecule has 0 aromatic carbocycles. The van der Waals surface area contributed by atoms with Crippen molar-refractivity contribution in [2.24, 2.45) is 0 Å². The van der Waals surface area contributed by atoms with E-state index in [9.17, 15) is 9.36 Å². The summed E-state index contributed by atoms with van der Waals surface area (Å²) in [6.45, 7) is 4.00. The number of hydrogen-bond acceptors (Lipinski definition) is 5. The molecule has 0 spiro atoms. The number of carbonyl (C=O) groups excluding carboxylic acids is 1. The summed E-state index contributed by atoms with van der Waals surface area (Å²) < 4.78 is 27.4. The SMILES string of the molecule is CCOP(=O)(Cc1cc(C(=O)Cl)co1)OCC. The Morgan fingerprint density at radius 2 is 2.00 bits per heavy atom. The summed E-state index contributed by atoms with van der Waals surface area (Å²) in [4.78, 5) is 10.8. The van der Waals surface area contributed by atoms with Gasteiger partial charge in [-0.3, -0.25) is 9.36 Å². The van der Waals surface area contributed by atoms with Gasteiger partial charge >= 0.3 is 7.60 Å². The van der Waals surface area contributed by atoms with Gasteiger partial charge in [0.25, 0.3) is 5.24 Å². The van der Waals surface area contributed by atoms with Crippen LogP contribution in [0.2, 0.25) is 0 Å². The first-order chi connectivity index (χ1) is 8.00. The summed E-state index contributed by atoms with van der Waals surface area (Å²) in [6, 6.07) is 1.43. The number of hydrogen-bond donors (Lipinski definition) is 0. The lowest BCUT2D eigenvalue weighted by atomic mass is 10.3. The lowest BCUT2D eigenvalue weighted by Gasteiger charge is -2.15. The second kappa shape index (κ2) is 6.36. The van der Waals surface area contributed by atoms with Crippen molar-refractivity contribution in [1.82, 2.24) is 0 Å². The van der Waals surface area contributed by atoms with Crippen LogP contribution in [0.4, 0.5) is 0 Å². The van der Waals surface area contributed by atoms with E-state index in [0.717, 1.165) is 0 Å². The summed E-state index contributed by atoms with van der Waals surface area (Å²) in [5, 5.41) is -0.623. The van der Waals surface area contributed by atoms with Gasteiger partial charge in [-0.15, -0.1) is 0 Å². The highest BCUT2D eigenvalue weighted by Gasteiger charge is 2.26. The molecule has 1 heterocycles. The van der Waals surface area contributed by atoms with E-state index in [0.29, 0.717) is 5.76 Å². The zero-order chi connectivity index (χ0) is 12.9. The first-order valence-electron chi connectivity index (χ1n) is 5.16. The predicted molar refractivity (Wildman–Crippen MR) is 63.5 cm³/mol. The maximum absolute atomic E-state index is 12.1. The van der Waals surface area contributed by atoms with Crippen molar-refractivity contribution < 1.29 is 22.8 Å². The molecule has 7 heteroatoms. The largest absolute Gasteiger partial charge is 0.468 e. The van der Waals surface area contributed by atoms with Gasteiger partial charge in [-0.1, -0.05) is 0 Å². The molecular formula is C10H14ClO5P. The zero-order valence-corrected chi connectivity index (χ0v) is 11.3. The summed E-state index contributed by atoms with van der Waals surface area (Å²) in [5.74, 6) is 0.347. The van der Waals surface area contributed by atoms with Gasteiger partial charge in [0.05, 0.1) is 18.8 Å². The summed E-state index contributed by atoms with van der Waals surface area (Å²) in [7, 11) is -3.21. The average Bonchev–Trinajstić information content (AvgIpc) is 2.66. The molecule has 5 nitrogen and oxygen atoms in total. The maximum atomic E-state index is 12.1. The van der Waals surface area contributed by atoms with Gasteiger partial charge in [0.1, 0.15) is 18.2 Å². The van der Waals surface area contributed by atoms with Crippen LogP contribution in [0.5, 0.6) is 0 Å². The Bertz CT molecular complexity index is 418. The first kappa shape index (κ1) is 14.5. The van der Waals surface area contributed by atoms with Gasteiger partial charge in [0.2, 0.25) is 0 Å². The molecule has 0 N–H and O–H groups in total. The molecular weight excluding hydrogens is 267 g/mol. The van der Waals surface area contributed by atoms with Crippen molar-refractivity contribution in [3.8, 4) is 0 Å². The Hall–Kier alpha value is -0.610. The minimum Gasteiger partial charge on any atom is -0.468 e. The van der Waals surface area contributed by atoms with E-state index in [1.807, 2.05) is 0 Å². The molecule has 1 aromatic rings. The molecule has 0 fully saturated rings. The van der Waals surface area contributed by atoms with Crippen LogP contribution in [-0.2, 0) is 19.8 Å². The van der Waals surface area contributed by atoms with E-state index in [2.05, 4.69) is 0 Å². The monoisotopic (exact) mass is 280 g/mol. The van der Waals surface area contributed by atoms with E-state index in [4.69, 9.17) is 25.1 Å². The molecule has 1 aromatic heterocycles. The quantitative estimate of drug-likeness (QED) is 0.565. The highest BCUT2D eigenvalue weighted by Crippen LogP contribution is 2.51. The van der Waals surface area contributed by atoms with Crippen LogP contribution in [0.1, 0.15) is 30.0 Å². The molecule has 0 bridgehead atoms. The van der Waals surface area contributed by atoms with Gasteiger partial charge < -0.3 is 13.5 Å². The van der Waals surface area contributed by atoms with Gasteiger partial charge in [-0.05, 0) is 31.5 Å². The standard InChI is InChI=1S/C10H14ClO5P/c1-3-15-17(13,16-4-2)7-9-5-8(6-14-9)10(11)12/h5-6H,3-4,7H2,1-2H3. The topological polar surface area (TPSA) is 65.7 Å². The molecule has 0 atom stereocenters. The molecule has 0 aliphatic carbocycles. The Morgan fingerprint density at radius 3 is 2.41 bits per heavy atom. The second-order valence-corrected chi connectivity index (χ2v) is 5.58. The Labute approximate surface area is 105 Å². The van der Waals surface area contributed by atoms with Crippen LogP contribution in [-0.4, -0.2) is 18.5 Å². The molecule has 96 valence electrons. The van der Waals surface area contributed by atoms with Crippen molar-refractivity contribution in [3.05, 3.63) is 23.7 Å². The third kappa shape index (κ3) is 4.28. The lowest BCUT2D eigenvalue weighted by Crippen LogP contribution is -1.98. The number of halogens is 1. The molecule has 0 radical (unpaired) electrons. The van der Waals surface area contributed by atoms with E-state index >= 15 is 0 Å². The second-order valence-electron chi connectivity index (χ2n) is 3.18. The van der Waals surface area contributed by atoms with Crippen LogP contribution in [0, 0.1) is 0 Å². The van der Waals surface area contributed by atoms with E-state index < -0.39 is 12.8 Å². The fourth-order valence-corrected chi connectivity index (χ4v) is 2.97. The van der Waals surface area contributed by atoms with Crippen molar-refractivity contribution >= 4 is 24.4 Å². The Balaban J connectivity index is 2.78. The molecule has 0 saturated carbocycles. The van der Waals surface area contributed by atoms with Gasteiger partial charge in [0.15, 0.2) is 0 Å². The maximum Gasteiger partial charge on any atom is 0.338 e. The lowest BCUT2D eigenvalue weighted by molar-refractivity contribution is 0.108. The van der Waals surface area contributed by atoms with Crippen molar-refractivity contribution in [3.63, 3.8) is 0 Å². The van der Waals surface area contributed by atoms with Gasteiger partial charge in [-0.25, -0.2) is 0 Å². The fraction of sp³-hybridized carbons (Fsp3) is 0.500. The predicted octanol–water partition coefficient (Wildman–Crippen LogP) is 3.42. The normalized spacial score (nSPS) is 11.7. The number of furan rings is 1. The van der Waals surface area contributed by atoms with Crippen molar-refractivity contribution in [2.75, 3.05) is 13.2 Å². The highest BCUT2D eigenvalue weighted by atomic mass is 35.5. The molecule has 0 aliphatic rings.